The molecule has 0 aliphatic carbocycles. The van der Waals surface area contributed by atoms with Crippen molar-refractivity contribution in [2.24, 2.45) is 0 Å². The Kier molecular flexibility index (Phi) is 6.95. The number of carbonyl (C=O) groups excluding carboxylic acids is 2. The van der Waals surface area contributed by atoms with Gasteiger partial charge in [0, 0.05) is 17.7 Å². The molecule has 1 N–H and O–H groups in total. The highest BCUT2D eigenvalue weighted by Gasteiger charge is 2.24. The van der Waals surface area contributed by atoms with E-state index in [1.165, 1.54) is 45.4 Å². The summed E-state index contributed by atoms with van der Waals surface area (Å²) in [5, 5.41) is 10.9. The molecule has 2 rings (SSSR count). The monoisotopic (exact) mass is 438 g/mol. The van der Waals surface area contributed by atoms with Crippen molar-refractivity contribution in [3.8, 4) is 11.5 Å². The molecule has 0 aromatic heterocycles. The maximum Gasteiger partial charge on any atom is 0.343 e. The van der Waals surface area contributed by atoms with Crippen LogP contribution in [0.3, 0.4) is 0 Å². The van der Waals surface area contributed by atoms with Crippen LogP contribution in [0, 0.1) is 17.0 Å². The van der Waals surface area contributed by atoms with Crippen molar-refractivity contribution in [1.29, 1.82) is 0 Å². The highest BCUT2D eigenvalue weighted by Crippen LogP contribution is 2.28. The van der Waals surface area contributed by atoms with Gasteiger partial charge < -0.3 is 14.2 Å². The van der Waals surface area contributed by atoms with Crippen molar-refractivity contribution in [2.45, 2.75) is 11.8 Å². The normalized spacial score (nSPS) is 10.8. The molecule has 12 heteroatoms. The molecule has 1 amide bonds. The standard InChI is InChI=1S/C18H18N2O9S/c1-11-4-6-13(20(23)24)9-16(11)30(25,26)19-18(22)12-5-7-14(27-2)15(8-12)29-10-17(21)28-3/h4-9H,10H2,1-3H3,(H,19,22). The summed E-state index contributed by atoms with van der Waals surface area (Å²) in [5.74, 6) is -1.46. The highest BCUT2D eigenvalue weighted by molar-refractivity contribution is 7.90. The lowest BCUT2D eigenvalue weighted by atomic mass is 10.2. The molecule has 0 spiro atoms. The molecule has 0 atom stereocenters. The number of nitro benzene ring substituents is 1. The summed E-state index contributed by atoms with van der Waals surface area (Å²) in [6, 6.07) is 7.12. The van der Waals surface area contributed by atoms with Gasteiger partial charge in [0.1, 0.15) is 0 Å². The predicted molar refractivity (Wildman–Crippen MR) is 103 cm³/mol. The molecule has 0 aliphatic rings. The fourth-order valence-electron chi connectivity index (χ4n) is 2.35. The number of hydrogen-bond donors (Lipinski definition) is 1. The fourth-order valence-corrected chi connectivity index (χ4v) is 3.59. The quantitative estimate of drug-likeness (QED) is 0.368. The largest absolute Gasteiger partial charge is 0.493 e. The van der Waals surface area contributed by atoms with Gasteiger partial charge in [0.2, 0.25) is 0 Å². The van der Waals surface area contributed by atoms with Crippen LogP contribution in [-0.4, -0.2) is 46.0 Å². The van der Waals surface area contributed by atoms with E-state index in [2.05, 4.69) is 4.74 Å². The average Bonchev–Trinajstić information content (AvgIpc) is 2.71. The molecule has 160 valence electrons. The summed E-state index contributed by atoms with van der Waals surface area (Å²) in [7, 11) is -1.89. The van der Waals surface area contributed by atoms with Crippen LogP contribution in [0.15, 0.2) is 41.3 Å². The second-order valence-corrected chi connectivity index (χ2v) is 7.52. The number of non-ortho nitro benzene ring substituents is 1. The topological polar surface area (TPSA) is 151 Å². The zero-order chi connectivity index (χ0) is 22.5. The molecule has 0 saturated carbocycles. The Hall–Kier alpha value is -3.67. The summed E-state index contributed by atoms with van der Waals surface area (Å²) in [5.41, 5.74) is -0.323. The molecule has 30 heavy (non-hydrogen) atoms. The minimum atomic E-state index is -4.40. The molecular weight excluding hydrogens is 420 g/mol. The van der Waals surface area contributed by atoms with Gasteiger partial charge in [-0.1, -0.05) is 6.07 Å². The zero-order valence-corrected chi connectivity index (χ0v) is 17.0. The van der Waals surface area contributed by atoms with E-state index in [4.69, 9.17) is 9.47 Å². The van der Waals surface area contributed by atoms with E-state index in [-0.39, 0.29) is 22.6 Å². The number of methoxy groups -OCH3 is 2. The third-order valence-electron chi connectivity index (χ3n) is 3.90. The van der Waals surface area contributed by atoms with Crippen LogP contribution >= 0.6 is 0 Å². The lowest BCUT2D eigenvalue weighted by Crippen LogP contribution is -2.31. The molecule has 2 aromatic carbocycles. The zero-order valence-electron chi connectivity index (χ0n) is 16.2. The first kappa shape index (κ1) is 22.6. The van der Waals surface area contributed by atoms with Crippen molar-refractivity contribution in [3.05, 3.63) is 57.6 Å². The predicted octanol–water partition coefficient (Wildman–Crippen LogP) is 1.58. The van der Waals surface area contributed by atoms with Gasteiger partial charge in [0.05, 0.1) is 24.0 Å². The van der Waals surface area contributed by atoms with Gasteiger partial charge in [0.25, 0.3) is 21.6 Å². The number of benzene rings is 2. The van der Waals surface area contributed by atoms with Gasteiger partial charge in [-0.05, 0) is 30.7 Å². The Morgan fingerprint density at radius 2 is 1.80 bits per heavy atom. The van der Waals surface area contributed by atoms with Gasteiger partial charge >= 0.3 is 5.97 Å². The van der Waals surface area contributed by atoms with Crippen LogP contribution in [0.2, 0.25) is 0 Å². The number of amides is 1. The second kappa shape index (κ2) is 9.22. The van der Waals surface area contributed by atoms with Crippen LogP contribution < -0.4 is 14.2 Å². The molecular formula is C18H18N2O9S. The molecule has 0 unspecified atom stereocenters. The van der Waals surface area contributed by atoms with E-state index in [1.54, 1.807) is 0 Å². The molecule has 2 aromatic rings. The van der Waals surface area contributed by atoms with Crippen molar-refractivity contribution in [1.82, 2.24) is 4.72 Å². The Bertz CT molecular complexity index is 1100. The third kappa shape index (κ3) is 5.23. The lowest BCUT2D eigenvalue weighted by Gasteiger charge is -2.12. The SMILES string of the molecule is COC(=O)COc1cc(C(=O)NS(=O)(=O)c2cc([N+](=O)[O-])ccc2C)ccc1OC. The van der Waals surface area contributed by atoms with E-state index in [0.29, 0.717) is 0 Å². The Morgan fingerprint density at radius 3 is 2.40 bits per heavy atom. The van der Waals surface area contributed by atoms with Gasteiger partial charge in [-0.15, -0.1) is 0 Å². The number of sulfonamides is 1. The van der Waals surface area contributed by atoms with Gasteiger partial charge in [-0.2, -0.15) is 0 Å². The number of hydrogen-bond acceptors (Lipinski definition) is 9. The first-order valence-electron chi connectivity index (χ1n) is 8.29. The number of nitro groups is 1. The number of ether oxygens (including phenoxy) is 3. The van der Waals surface area contributed by atoms with Crippen molar-refractivity contribution >= 4 is 27.6 Å². The summed E-state index contributed by atoms with van der Waals surface area (Å²) in [6.45, 7) is 0.984. The number of nitrogens with one attached hydrogen (secondary N) is 1. The Labute approximate surface area is 171 Å². The van der Waals surface area contributed by atoms with E-state index >= 15 is 0 Å². The molecule has 0 aliphatic heterocycles. The van der Waals surface area contributed by atoms with Crippen molar-refractivity contribution in [2.75, 3.05) is 20.8 Å². The van der Waals surface area contributed by atoms with Crippen LogP contribution in [0.4, 0.5) is 5.69 Å². The van der Waals surface area contributed by atoms with Crippen LogP contribution in [0.25, 0.3) is 0 Å². The number of esters is 1. The maximum atomic E-state index is 12.6. The summed E-state index contributed by atoms with van der Waals surface area (Å²) >= 11 is 0. The molecule has 0 fully saturated rings. The Morgan fingerprint density at radius 1 is 1.10 bits per heavy atom. The first-order valence-corrected chi connectivity index (χ1v) is 9.77. The number of nitrogens with zero attached hydrogens (tertiary/aromatic N) is 1. The minimum absolute atomic E-state index is 0.0134. The highest BCUT2D eigenvalue weighted by atomic mass is 32.2. The van der Waals surface area contributed by atoms with Gasteiger partial charge in [0.15, 0.2) is 18.1 Å². The molecule has 0 bridgehead atoms. The smallest absolute Gasteiger partial charge is 0.343 e. The number of aryl methyl sites for hydroxylation is 1. The minimum Gasteiger partial charge on any atom is -0.493 e. The summed E-state index contributed by atoms with van der Waals surface area (Å²) < 4.78 is 41.8. The third-order valence-corrected chi connectivity index (χ3v) is 5.37. The first-order chi connectivity index (χ1) is 14.1. The molecule has 0 heterocycles. The molecule has 11 nitrogen and oxygen atoms in total. The van der Waals surface area contributed by atoms with E-state index in [1.807, 2.05) is 4.72 Å². The average molecular weight is 438 g/mol. The fraction of sp³-hybridized carbons (Fsp3) is 0.222. The van der Waals surface area contributed by atoms with E-state index in [0.717, 1.165) is 12.1 Å². The van der Waals surface area contributed by atoms with Crippen LogP contribution in [0.1, 0.15) is 15.9 Å². The summed E-state index contributed by atoms with van der Waals surface area (Å²) in [6.07, 6.45) is 0. The van der Waals surface area contributed by atoms with Crippen LogP contribution in [0.5, 0.6) is 11.5 Å². The van der Waals surface area contributed by atoms with Gasteiger partial charge in [-0.3, -0.25) is 14.9 Å². The lowest BCUT2D eigenvalue weighted by molar-refractivity contribution is -0.385. The number of carbonyl (C=O) groups is 2. The molecule has 0 saturated heterocycles. The second-order valence-electron chi connectivity index (χ2n) is 5.87. The Balaban J connectivity index is 2.31. The van der Waals surface area contributed by atoms with E-state index < -0.39 is 44.0 Å². The van der Waals surface area contributed by atoms with Gasteiger partial charge in [-0.25, -0.2) is 17.9 Å². The summed E-state index contributed by atoms with van der Waals surface area (Å²) in [4.78, 5) is 33.5. The molecule has 0 radical (unpaired) electrons. The van der Waals surface area contributed by atoms with E-state index in [9.17, 15) is 28.1 Å². The number of rotatable bonds is 8. The van der Waals surface area contributed by atoms with Crippen LogP contribution in [-0.2, 0) is 19.6 Å². The van der Waals surface area contributed by atoms with Crippen molar-refractivity contribution in [3.63, 3.8) is 0 Å². The maximum absolute atomic E-state index is 12.6. The van der Waals surface area contributed by atoms with Crippen molar-refractivity contribution < 1.29 is 37.1 Å².